The van der Waals surface area contributed by atoms with E-state index in [9.17, 15) is 0 Å². The van der Waals surface area contributed by atoms with Crippen LogP contribution in [0.25, 0.3) is 0 Å². The van der Waals surface area contributed by atoms with Crippen LogP contribution in [0.15, 0.2) is 12.4 Å². The zero-order chi connectivity index (χ0) is 10.8. The zero-order valence-electron chi connectivity index (χ0n) is 9.08. The minimum atomic E-state index is 0.265. The van der Waals surface area contributed by atoms with Crippen LogP contribution in [0.3, 0.4) is 0 Å². The summed E-state index contributed by atoms with van der Waals surface area (Å²) in [6.45, 7) is 7.57. The summed E-state index contributed by atoms with van der Waals surface area (Å²) in [7, 11) is 2.02. The number of nitrogens with zero attached hydrogens (tertiary/aromatic N) is 3. The van der Waals surface area contributed by atoms with Crippen LogP contribution >= 0.6 is 22.6 Å². The topological polar surface area (TPSA) is 29.0 Å². The van der Waals surface area contributed by atoms with E-state index in [0.29, 0.717) is 0 Å². The van der Waals surface area contributed by atoms with Gasteiger partial charge in [0.1, 0.15) is 0 Å². The molecule has 0 spiro atoms. The fourth-order valence-electron chi connectivity index (χ4n) is 1.28. The second-order valence-electron chi connectivity index (χ2n) is 4.62. The van der Waals surface area contributed by atoms with Crippen molar-refractivity contribution in [2.75, 3.05) is 18.5 Å². The van der Waals surface area contributed by atoms with Crippen LogP contribution < -0.4 is 4.90 Å². The Morgan fingerprint density at radius 2 is 1.79 bits per heavy atom. The van der Waals surface area contributed by atoms with Gasteiger partial charge in [0.15, 0.2) is 0 Å². The summed E-state index contributed by atoms with van der Waals surface area (Å²) >= 11 is 2.20. The summed E-state index contributed by atoms with van der Waals surface area (Å²) in [5.74, 6) is 0.792. The summed E-state index contributed by atoms with van der Waals surface area (Å²) in [5.41, 5.74) is 0.265. The molecule has 1 rings (SSSR count). The van der Waals surface area contributed by atoms with Crippen molar-refractivity contribution in [2.24, 2.45) is 5.41 Å². The van der Waals surface area contributed by atoms with E-state index in [4.69, 9.17) is 0 Å². The molecule has 3 nitrogen and oxygen atoms in total. The predicted octanol–water partition coefficient (Wildman–Crippen LogP) is 2.56. The standard InChI is InChI=1S/C10H16IN3/c1-10(2,3)7-14(4)9-12-5-8(11)6-13-9/h5-6H,7H2,1-4H3. The Bertz CT molecular complexity index is 289. The van der Waals surface area contributed by atoms with E-state index in [0.717, 1.165) is 16.1 Å². The molecule has 0 saturated carbocycles. The molecule has 14 heavy (non-hydrogen) atoms. The van der Waals surface area contributed by atoms with Gasteiger partial charge in [-0.25, -0.2) is 9.97 Å². The molecule has 1 heterocycles. The smallest absolute Gasteiger partial charge is 0.225 e. The maximum Gasteiger partial charge on any atom is 0.225 e. The van der Waals surface area contributed by atoms with E-state index in [-0.39, 0.29) is 5.41 Å². The Kier molecular flexibility index (Phi) is 3.69. The summed E-state index contributed by atoms with van der Waals surface area (Å²) in [6.07, 6.45) is 3.67. The molecule has 1 aromatic heterocycles. The SMILES string of the molecule is CN(CC(C)(C)C)c1ncc(I)cn1. The maximum absolute atomic E-state index is 4.27. The third kappa shape index (κ3) is 3.77. The number of hydrogen-bond donors (Lipinski definition) is 0. The second kappa shape index (κ2) is 4.42. The lowest BCUT2D eigenvalue weighted by Gasteiger charge is -2.26. The molecule has 4 heteroatoms. The van der Waals surface area contributed by atoms with E-state index in [1.54, 1.807) is 0 Å². The monoisotopic (exact) mass is 305 g/mol. The zero-order valence-corrected chi connectivity index (χ0v) is 11.2. The van der Waals surface area contributed by atoms with Crippen LogP contribution in [0.5, 0.6) is 0 Å². The van der Waals surface area contributed by atoms with Crippen molar-refractivity contribution >= 4 is 28.5 Å². The Hall–Kier alpha value is -0.390. The van der Waals surface area contributed by atoms with Gasteiger partial charge in [-0.15, -0.1) is 0 Å². The van der Waals surface area contributed by atoms with Crippen LogP contribution in [0, 0.1) is 8.99 Å². The first-order chi connectivity index (χ1) is 6.38. The number of rotatable bonds is 2. The van der Waals surface area contributed by atoms with Gasteiger partial charge in [-0.2, -0.15) is 0 Å². The highest BCUT2D eigenvalue weighted by Crippen LogP contribution is 2.17. The first-order valence-corrected chi connectivity index (χ1v) is 5.65. The molecule has 0 fully saturated rings. The third-order valence-electron chi connectivity index (χ3n) is 1.66. The van der Waals surface area contributed by atoms with E-state index >= 15 is 0 Å². The van der Waals surface area contributed by atoms with Gasteiger partial charge >= 0.3 is 0 Å². The van der Waals surface area contributed by atoms with Gasteiger partial charge < -0.3 is 4.90 Å². The molecule has 78 valence electrons. The van der Waals surface area contributed by atoms with Gasteiger partial charge in [0.05, 0.1) is 0 Å². The number of hydrogen-bond acceptors (Lipinski definition) is 3. The van der Waals surface area contributed by atoms with Gasteiger partial charge in [-0.05, 0) is 28.0 Å². The van der Waals surface area contributed by atoms with E-state index in [2.05, 4.69) is 58.2 Å². The normalized spacial score (nSPS) is 11.5. The minimum Gasteiger partial charge on any atom is -0.343 e. The highest BCUT2D eigenvalue weighted by atomic mass is 127. The molecule has 0 aliphatic carbocycles. The van der Waals surface area contributed by atoms with Gasteiger partial charge in [-0.3, -0.25) is 0 Å². The van der Waals surface area contributed by atoms with Crippen LogP contribution in [0.4, 0.5) is 5.95 Å². The largest absolute Gasteiger partial charge is 0.343 e. The van der Waals surface area contributed by atoms with Crippen molar-refractivity contribution in [1.82, 2.24) is 9.97 Å². The Morgan fingerprint density at radius 1 is 1.29 bits per heavy atom. The number of halogens is 1. The van der Waals surface area contributed by atoms with E-state index in [1.807, 2.05) is 19.4 Å². The van der Waals surface area contributed by atoms with Crippen LogP contribution in [0.1, 0.15) is 20.8 Å². The molecule has 0 aromatic carbocycles. The average Bonchev–Trinajstić information content (AvgIpc) is 2.02. The Balaban J connectivity index is 2.70. The molecule has 0 bridgehead atoms. The average molecular weight is 305 g/mol. The number of aromatic nitrogens is 2. The molecule has 0 unspecified atom stereocenters. The highest BCUT2D eigenvalue weighted by molar-refractivity contribution is 14.1. The summed E-state index contributed by atoms with van der Waals surface area (Å²) in [6, 6.07) is 0. The summed E-state index contributed by atoms with van der Waals surface area (Å²) in [4.78, 5) is 10.6. The molecule has 0 aliphatic heterocycles. The van der Waals surface area contributed by atoms with Crippen molar-refractivity contribution < 1.29 is 0 Å². The lowest BCUT2D eigenvalue weighted by atomic mass is 9.96. The van der Waals surface area contributed by atoms with E-state index in [1.165, 1.54) is 0 Å². The Labute approximate surface area is 99.1 Å². The van der Waals surface area contributed by atoms with Crippen molar-refractivity contribution in [1.29, 1.82) is 0 Å². The van der Waals surface area contributed by atoms with Gasteiger partial charge in [-0.1, -0.05) is 20.8 Å². The quantitative estimate of drug-likeness (QED) is 0.786. The molecular weight excluding hydrogens is 289 g/mol. The van der Waals surface area contributed by atoms with Gasteiger partial charge in [0.25, 0.3) is 0 Å². The lowest BCUT2D eigenvalue weighted by Crippen LogP contribution is -2.30. The molecule has 0 atom stereocenters. The fourth-order valence-corrected chi connectivity index (χ4v) is 1.56. The second-order valence-corrected chi connectivity index (χ2v) is 5.86. The van der Waals surface area contributed by atoms with Crippen LogP contribution in [0.2, 0.25) is 0 Å². The molecular formula is C10H16IN3. The van der Waals surface area contributed by atoms with Crippen LogP contribution in [-0.4, -0.2) is 23.6 Å². The van der Waals surface area contributed by atoms with Gasteiger partial charge in [0, 0.05) is 29.6 Å². The first-order valence-electron chi connectivity index (χ1n) is 4.57. The molecule has 0 aliphatic rings. The highest BCUT2D eigenvalue weighted by Gasteiger charge is 2.15. The number of anilines is 1. The molecule has 0 radical (unpaired) electrons. The molecule has 0 N–H and O–H groups in total. The first kappa shape index (κ1) is 11.7. The summed E-state index contributed by atoms with van der Waals surface area (Å²) in [5, 5.41) is 0. The third-order valence-corrected chi connectivity index (χ3v) is 2.22. The Morgan fingerprint density at radius 3 is 2.21 bits per heavy atom. The predicted molar refractivity (Wildman–Crippen MR) is 67.5 cm³/mol. The maximum atomic E-state index is 4.27. The molecule has 1 aromatic rings. The van der Waals surface area contributed by atoms with Crippen LogP contribution in [-0.2, 0) is 0 Å². The van der Waals surface area contributed by atoms with Crippen molar-refractivity contribution in [3.8, 4) is 0 Å². The van der Waals surface area contributed by atoms with Crippen molar-refractivity contribution in [3.63, 3.8) is 0 Å². The molecule has 0 amide bonds. The summed E-state index contributed by atoms with van der Waals surface area (Å²) < 4.78 is 1.07. The minimum absolute atomic E-state index is 0.265. The van der Waals surface area contributed by atoms with Gasteiger partial charge in [0.2, 0.25) is 5.95 Å². The fraction of sp³-hybridized carbons (Fsp3) is 0.600. The van der Waals surface area contributed by atoms with E-state index < -0.39 is 0 Å². The lowest BCUT2D eigenvalue weighted by molar-refractivity contribution is 0.416. The molecule has 0 saturated heterocycles. The van der Waals surface area contributed by atoms with Crippen molar-refractivity contribution in [2.45, 2.75) is 20.8 Å². The van der Waals surface area contributed by atoms with Crippen molar-refractivity contribution in [3.05, 3.63) is 16.0 Å².